The Morgan fingerprint density at radius 2 is 1.76 bits per heavy atom. The van der Waals surface area contributed by atoms with Crippen molar-refractivity contribution in [2.24, 2.45) is 0 Å². The summed E-state index contributed by atoms with van der Waals surface area (Å²) in [5, 5.41) is 11.1. The van der Waals surface area contributed by atoms with E-state index in [1.165, 1.54) is 24.3 Å². The summed E-state index contributed by atoms with van der Waals surface area (Å²) in [5.41, 5.74) is 1.37. The van der Waals surface area contributed by atoms with Gasteiger partial charge in [-0.15, -0.1) is 10.2 Å². The fraction of sp³-hybridized carbons (Fsp3) is 0.105. The van der Waals surface area contributed by atoms with Gasteiger partial charge in [0.05, 0.1) is 5.03 Å². The molecule has 0 spiro atoms. The lowest BCUT2D eigenvalue weighted by molar-refractivity contribution is -0.0498. The number of nitrogens with zero attached hydrogens (tertiary/aromatic N) is 2. The summed E-state index contributed by atoms with van der Waals surface area (Å²) in [4.78, 5) is 12.2. The van der Waals surface area contributed by atoms with Gasteiger partial charge in [0.2, 0.25) is 5.01 Å². The average molecular weight is 440 g/mol. The van der Waals surface area contributed by atoms with Crippen LogP contribution in [-0.2, 0) is 6.54 Å². The Kier molecular flexibility index (Phi) is 6.84. The molecule has 0 atom stereocenters. The van der Waals surface area contributed by atoms with Crippen LogP contribution >= 0.6 is 22.9 Å². The molecule has 0 aliphatic carbocycles. The molecule has 0 saturated carbocycles. The number of aromatic nitrogens is 2. The molecule has 29 heavy (non-hydrogen) atoms. The minimum absolute atomic E-state index is 0.0318. The van der Waals surface area contributed by atoms with Crippen LogP contribution < -0.4 is 10.1 Å². The number of amides is 1. The highest BCUT2D eigenvalue weighted by molar-refractivity contribution is 7.15. The lowest BCUT2D eigenvalue weighted by Crippen LogP contribution is -2.22. The molecule has 0 aliphatic rings. The maximum absolute atomic E-state index is 12.9. The first-order valence-corrected chi connectivity index (χ1v) is 9.39. The highest BCUT2D eigenvalue weighted by atomic mass is 35.5. The lowest BCUT2D eigenvalue weighted by atomic mass is 10.2. The van der Waals surface area contributed by atoms with E-state index in [1.54, 1.807) is 30.3 Å². The summed E-state index contributed by atoms with van der Waals surface area (Å²) < 4.78 is 41.5. The van der Waals surface area contributed by atoms with Crippen LogP contribution in [0.4, 0.5) is 13.2 Å². The van der Waals surface area contributed by atoms with Gasteiger partial charge in [-0.05, 0) is 41.5 Å². The molecule has 0 bridgehead atoms. The molecule has 5 nitrogen and oxygen atoms in total. The number of rotatable bonds is 7. The Labute approximate surface area is 172 Å². The van der Waals surface area contributed by atoms with E-state index in [0.29, 0.717) is 10.6 Å². The Bertz CT molecular complexity index is 1010. The van der Waals surface area contributed by atoms with E-state index in [2.05, 4.69) is 20.3 Å². The third-order valence-corrected chi connectivity index (χ3v) is 4.94. The molecular weight excluding hydrogens is 427 g/mol. The second-order valence-electron chi connectivity index (χ2n) is 5.66. The number of halogens is 4. The van der Waals surface area contributed by atoms with Gasteiger partial charge in [0, 0.05) is 6.54 Å². The average Bonchev–Trinajstić information content (AvgIpc) is 3.19. The first-order chi connectivity index (χ1) is 13.9. The van der Waals surface area contributed by atoms with E-state index in [1.807, 2.05) is 0 Å². The predicted molar refractivity (Wildman–Crippen MR) is 104 cm³/mol. The molecule has 1 aromatic heterocycles. The van der Waals surface area contributed by atoms with Gasteiger partial charge in [-0.3, -0.25) is 4.79 Å². The predicted octanol–water partition coefficient (Wildman–Crippen LogP) is 4.95. The van der Waals surface area contributed by atoms with Crippen LogP contribution in [0.25, 0.3) is 11.1 Å². The minimum atomic E-state index is -2.89. The molecule has 0 unspecified atom stereocenters. The molecule has 3 aromatic rings. The summed E-state index contributed by atoms with van der Waals surface area (Å²) in [6.07, 6.45) is 1.56. The largest absolute Gasteiger partial charge is 0.435 e. The molecule has 150 valence electrons. The first kappa shape index (κ1) is 20.8. The van der Waals surface area contributed by atoms with E-state index in [9.17, 15) is 18.0 Å². The van der Waals surface area contributed by atoms with E-state index in [4.69, 9.17) is 11.6 Å². The number of hydrogen-bond donors (Lipinski definition) is 1. The Hall–Kier alpha value is -2.91. The van der Waals surface area contributed by atoms with Gasteiger partial charge >= 0.3 is 6.61 Å². The Balaban J connectivity index is 1.62. The number of alkyl halides is 2. The molecule has 1 amide bonds. The molecule has 1 heterocycles. The number of carbonyl (C=O) groups is 1. The van der Waals surface area contributed by atoms with Crippen molar-refractivity contribution in [2.75, 3.05) is 0 Å². The van der Waals surface area contributed by atoms with Gasteiger partial charge < -0.3 is 10.1 Å². The van der Waals surface area contributed by atoms with E-state index in [0.717, 1.165) is 16.9 Å². The Morgan fingerprint density at radius 1 is 1.10 bits per heavy atom. The monoisotopic (exact) mass is 439 g/mol. The van der Waals surface area contributed by atoms with Crippen molar-refractivity contribution in [3.8, 4) is 5.75 Å². The fourth-order valence-corrected chi connectivity index (χ4v) is 3.17. The maximum atomic E-state index is 12.9. The number of benzene rings is 2. The topological polar surface area (TPSA) is 64.1 Å². The molecular formula is C19H13ClF3N3O2S. The van der Waals surface area contributed by atoms with E-state index >= 15 is 0 Å². The summed E-state index contributed by atoms with van der Waals surface area (Å²) in [5.74, 6) is -0.758. The van der Waals surface area contributed by atoms with Crippen molar-refractivity contribution >= 4 is 40.0 Å². The van der Waals surface area contributed by atoms with Crippen molar-refractivity contribution in [1.29, 1.82) is 0 Å². The van der Waals surface area contributed by atoms with Crippen LogP contribution in [0, 0.1) is 5.82 Å². The van der Waals surface area contributed by atoms with Crippen LogP contribution in [0.3, 0.4) is 0 Å². The summed E-state index contributed by atoms with van der Waals surface area (Å²) in [6.45, 7) is -2.68. The highest BCUT2D eigenvalue weighted by Gasteiger charge is 2.14. The number of hydrogen-bond acceptors (Lipinski definition) is 5. The molecule has 3 rings (SSSR count). The van der Waals surface area contributed by atoms with Gasteiger partial charge in [0.15, 0.2) is 5.01 Å². The van der Waals surface area contributed by atoms with Gasteiger partial charge in [-0.25, -0.2) is 4.39 Å². The summed E-state index contributed by atoms with van der Waals surface area (Å²) in [7, 11) is 0. The van der Waals surface area contributed by atoms with Gasteiger partial charge in [-0.2, -0.15) is 8.78 Å². The second-order valence-corrected chi connectivity index (χ2v) is 7.05. The second kappa shape index (κ2) is 9.53. The lowest BCUT2D eigenvalue weighted by Gasteiger charge is -2.04. The molecule has 0 radical (unpaired) electrons. The van der Waals surface area contributed by atoms with E-state index < -0.39 is 12.5 Å². The van der Waals surface area contributed by atoms with Crippen LogP contribution in [0.2, 0.25) is 0 Å². The van der Waals surface area contributed by atoms with Crippen LogP contribution in [0.5, 0.6) is 5.75 Å². The number of nitrogens with one attached hydrogen (secondary N) is 1. The molecule has 0 saturated heterocycles. The summed E-state index contributed by atoms with van der Waals surface area (Å²) in [6, 6.07) is 11.6. The molecule has 0 fully saturated rings. The van der Waals surface area contributed by atoms with Gasteiger partial charge in [-0.1, -0.05) is 47.2 Å². The zero-order chi connectivity index (χ0) is 20.8. The van der Waals surface area contributed by atoms with Crippen molar-refractivity contribution < 1.29 is 22.7 Å². The van der Waals surface area contributed by atoms with Crippen molar-refractivity contribution in [3.63, 3.8) is 0 Å². The van der Waals surface area contributed by atoms with Crippen LogP contribution in [0.15, 0.2) is 48.5 Å². The minimum Gasteiger partial charge on any atom is -0.435 e. The third-order valence-electron chi connectivity index (χ3n) is 3.59. The third kappa shape index (κ3) is 6.03. The maximum Gasteiger partial charge on any atom is 0.387 e. The fourth-order valence-electron chi connectivity index (χ4n) is 2.23. The van der Waals surface area contributed by atoms with Gasteiger partial charge in [0.1, 0.15) is 11.6 Å². The van der Waals surface area contributed by atoms with Crippen molar-refractivity contribution in [2.45, 2.75) is 13.2 Å². The zero-order valence-corrected chi connectivity index (χ0v) is 16.2. The van der Waals surface area contributed by atoms with Crippen LogP contribution in [0.1, 0.15) is 25.9 Å². The molecule has 2 aromatic carbocycles. The van der Waals surface area contributed by atoms with Gasteiger partial charge in [0.25, 0.3) is 5.91 Å². The zero-order valence-electron chi connectivity index (χ0n) is 14.6. The quantitative estimate of drug-likeness (QED) is 0.566. The number of carbonyl (C=O) groups excluding carboxylic acids is 1. The van der Waals surface area contributed by atoms with Crippen molar-refractivity contribution in [1.82, 2.24) is 15.5 Å². The first-order valence-electron chi connectivity index (χ1n) is 8.19. The molecule has 10 heteroatoms. The van der Waals surface area contributed by atoms with Crippen LogP contribution in [-0.4, -0.2) is 22.7 Å². The smallest absolute Gasteiger partial charge is 0.387 e. The highest BCUT2D eigenvalue weighted by Crippen LogP contribution is 2.26. The summed E-state index contributed by atoms with van der Waals surface area (Å²) >= 11 is 7.22. The Morgan fingerprint density at radius 3 is 2.41 bits per heavy atom. The standard InChI is InChI=1S/C19H13ClF3N3O2S/c20-15(9-11-3-7-14(8-4-11)28-19(22)23)17-25-26-18(29-17)16(27)24-10-12-1-5-13(21)6-2-12/h1-9,19H,10H2,(H,24,27)/b15-9-. The molecule has 0 aliphatic heterocycles. The normalized spacial score (nSPS) is 11.6. The SMILES string of the molecule is O=C(NCc1ccc(F)cc1)c1nnc(/C(Cl)=C/c2ccc(OC(F)F)cc2)s1. The van der Waals surface area contributed by atoms with Crippen molar-refractivity contribution in [3.05, 3.63) is 75.5 Å². The number of ether oxygens (including phenoxy) is 1. The molecule has 1 N–H and O–H groups in total. The van der Waals surface area contributed by atoms with E-state index in [-0.39, 0.29) is 28.2 Å².